The lowest BCUT2D eigenvalue weighted by atomic mass is 10.4. The number of aryl methyl sites for hydroxylation is 1. The summed E-state index contributed by atoms with van der Waals surface area (Å²) in [5, 5.41) is 16.1. The summed E-state index contributed by atoms with van der Waals surface area (Å²) in [4.78, 5) is 23.5. The third-order valence-corrected chi connectivity index (χ3v) is 3.75. The first-order chi connectivity index (χ1) is 9.49. The van der Waals surface area contributed by atoms with E-state index in [1.165, 1.54) is 0 Å². The second kappa shape index (κ2) is 6.06. The second-order valence-corrected chi connectivity index (χ2v) is 5.54. The monoisotopic (exact) mass is 295 g/mol. The van der Waals surface area contributed by atoms with E-state index in [4.69, 9.17) is 5.11 Å². The Bertz CT molecular complexity index is 630. The molecule has 1 atom stereocenters. The SMILES string of the molecule is CC(O)CNC(=O)CNC(=O)c1cc2sccc2n1C. The molecule has 20 heavy (non-hydrogen) atoms. The number of hydrogen-bond acceptors (Lipinski definition) is 4. The lowest BCUT2D eigenvalue weighted by Crippen LogP contribution is -2.39. The third-order valence-electron chi connectivity index (χ3n) is 2.90. The van der Waals surface area contributed by atoms with E-state index in [9.17, 15) is 9.59 Å². The van der Waals surface area contributed by atoms with Crippen LogP contribution in [0.15, 0.2) is 17.5 Å². The van der Waals surface area contributed by atoms with Crippen molar-refractivity contribution in [2.24, 2.45) is 7.05 Å². The van der Waals surface area contributed by atoms with Crippen LogP contribution in [-0.2, 0) is 11.8 Å². The summed E-state index contributed by atoms with van der Waals surface area (Å²) in [5.41, 5.74) is 1.52. The van der Waals surface area contributed by atoms with Crippen molar-refractivity contribution in [2.75, 3.05) is 13.1 Å². The second-order valence-electron chi connectivity index (χ2n) is 4.59. The van der Waals surface area contributed by atoms with E-state index < -0.39 is 6.10 Å². The van der Waals surface area contributed by atoms with Gasteiger partial charge in [-0.2, -0.15) is 0 Å². The Morgan fingerprint density at radius 3 is 2.85 bits per heavy atom. The highest BCUT2D eigenvalue weighted by atomic mass is 32.1. The number of nitrogens with one attached hydrogen (secondary N) is 2. The maximum atomic E-state index is 12.0. The molecule has 0 aliphatic rings. The van der Waals surface area contributed by atoms with Gasteiger partial charge >= 0.3 is 0 Å². The molecule has 0 saturated carbocycles. The van der Waals surface area contributed by atoms with Crippen LogP contribution in [0.25, 0.3) is 10.2 Å². The lowest BCUT2D eigenvalue weighted by molar-refractivity contribution is -0.120. The van der Waals surface area contributed by atoms with Gasteiger partial charge < -0.3 is 20.3 Å². The van der Waals surface area contributed by atoms with Crippen LogP contribution in [0, 0.1) is 0 Å². The predicted octanol–water partition coefficient (Wildman–Crippen LogP) is 0.467. The molecule has 0 bridgehead atoms. The van der Waals surface area contributed by atoms with Crippen LogP contribution in [0.4, 0.5) is 0 Å². The number of rotatable bonds is 5. The fourth-order valence-corrected chi connectivity index (χ4v) is 2.69. The van der Waals surface area contributed by atoms with Crippen molar-refractivity contribution in [1.82, 2.24) is 15.2 Å². The minimum atomic E-state index is -0.602. The highest BCUT2D eigenvalue weighted by Crippen LogP contribution is 2.23. The van der Waals surface area contributed by atoms with Gasteiger partial charge in [0, 0.05) is 13.6 Å². The first kappa shape index (κ1) is 14.5. The van der Waals surface area contributed by atoms with Crippen LogP contribution in [0.2, 0.25) is 0 Å². The van der Waals surface area contributed by atoms with Crippen molar-refractivity contribution in [2.45, 2.75) is 13.0 Å². The van der Waals surface area contributed by atoms with Gasteiger partial charge in [0.1, 0.15) is 5.69 Å². The average molecular weight is 295 g/mol. The first-order valence-electron chi connectivity index (χ1n) is 6.25. The zero-order chi connectivity index (χ0) is 14.7. The number of fused-ring (bicyclic) bond motifs is 1. The molecule has 2 rings (SSSR count). The maximum Gasteiger partial charge on any atom is 0.268 e. The molecular weight excluding hydrogens is 278 g/mol. The molecule has 2 aromatic heterocycles. The van der Waals surface area contributed by atoms with Crippen LogP contribution in [0.3, 0.4) is 0 Å². The van der Waals surface area contributed by atoms with Gasteiger partial charge in [0.15, 0.2) is 0 Å². The molecule has 6 nitrogen and oxygen atoms in total. The zero-order valence-corrected chi connectivity index (χ0v) is 12.2. The Kier molecular flexibility index (Phi) is 4.41. The summed E-state index contributed by atoms with van der Waals surface area (Å²) < 4.78 is 2.84. The first-order valence-corrected chi connectivity index (χ1v) is 7.13. The van der Waals surface area contributed by atoms with E-state index in [2.05, 4.69) is 10.6 Å². The summed E-state index contributed by atoms with van der Waals surface area (Å²) in [6.07, 6.45) is -0.602. The molecule has 1 unspecified atom stereocenters. The van der Waals surface area contributed by atoms with Gasteiger partial charge in [0.2, 0.25) is 5.91 Å². The highest BCUT2D eigenvalue weighted by Gasteiger charge is 2.14. The summed E-state index contributed by atoms with van der Waals surface area (Å²) in [6.45, 7) is 1.65. The number of carbonyl (C=O) groups excluding carboxylic acids is 2. The summed E-state index contributed by atoms with van der Waals surface area (Å²) in [7, 11) is 1.82. The zero-order valence-electron chi connectivity index (χ0n) is 11.3. The van der Waals surface area contributed by atoms with Gasteiger partial charge in [-0.3, -0.25) is 9.59 Å². The molecule has 0 saturated heterocycles. The number of aliphatic hydroxyl groups excluding tert-OH is 1. The number of hydrogen-bond donors (Lipinski definition) is 3. The van der Waals surface area contributed by atoms with E-state index in [-0.39, 0.29) is 24.9 Å². The summed E-state index contributed by atoms with van der Waals surface area (Å²) in [5.74, 6) is -0.613. The minimum Gasteiger partial charge on any atom is -0.392 e. The average Bonchev–Trinajstić information content (AvgIpc) is 2.97. The molecule has 0 radical (unpaired) electrons. The van der Waals surface area contributed by atoms with Crippen LogP contribution in [0.1, 0.15) is 17.4 Å². The van der Waals surface area contributed by atoms with Crippen molar-refractivity contribution >= 4 is 33.4 Å². The largest absolute Gasteiger partial charge is 0.392 e. The Hall–Kier alpha value is -1.86. The normalized spacial score (nSPS) is 12.3. The topological polar surface area (TPSA) is 83.4 Å². The Morgan fingerprint density at radius 1 is 1.45 bits per heavy atom. The Morgan fingerprint density at radius 2 is 2.20 bits per heavy atom. The molecule has 0 aromatic carbocycles. The maximum absolute atomic E-state index is 12.0. The summed E-state index contributed by atoms with van der Waals surface area (Å²) in [6, 6.07) is 3.76. The minimum absolute atomic E-state index is 0.107. The molecule has 7 heteroatoms. The Balaban J connectivity index is 1.93. The quantitative estimate of drug-likeness (QED) is 0.749. The van der Waals surface area contributed by atoms with Gasteiger partial charge in [-0.25, -0.2) is 0 Å². The summed E-state index contributed by atoms with van der Waals surface area (Å²) >= 11 is 1.57. The number of thiophene rings is 1. The fraction of sp³-hybridized carbons (Fsp3) is 0.385. The van der Waals surface area contributed by atoms with Gasteiger partial charge in [-0.1, -0.05) is 0 Å². The van der Waals surface area contributed by atoms with E-state index in [1.54, 1.807) is 22.8 Å². The van der Waals surface area contributed by atoms with E-state index in [1.807, 2.05) is 24.6 Å². The van der Waals surface area contributed by atoms with E-state index in [0.717, 1.165) is 10.2 Å². The van der Waals surface area contributed by atoms with Crippen LogP contribution in [0.5, 0.6) is 0 Å². The van der Waals surface area contributed by atoms with Crippen molar-refractivity contribution in [3.63, 3.8) is 0 Å². The molecule has 2 amide bonds. The van der Waals surface area contributed by atoms with Gasteiger partial charge in [0.05, 0.1) is 22.9 Å². The molecule has 0 aliphatic carbocycles. The van der Waals surface area contributed by atoms with Crippen molar-refractivity contribution in [3.8, 4) is 0 Å². The van der Waals surface area contributed by atoms with Crippen molar-refractivity contribution < 1.29 is 14.7 Å². The molecule has 0 aliphatic heterocycles. The third kappa shape index (κ3) is 3.17. The molecule has 108 valence electrons. The smallest absolute Gasteiger partial charge is 0.268 e. The number of amides is 2. The fourth-order valence-electron chi connectivity index (χ4n) is 1.84. The Labute approximate surface area is 120 Å². The molecule has 2 heterocycles. The van der Waals surface area contributed by atoms with Gasteiger partial charge in [-0.15, -0.1) is 11.3 Å². The molecule has 0 fully saturated rings. The standard InChI is InChI=1S/C13H17N3O3S/c1-8(17)6-14-12(18)7-15-13(19)10-5-11-9(16(10)2)3-4-20-11/h3-5,8,17H,6-7H2,1-2H3,(H,14,18)(H,15,19). The lowest BCUT2D eigenvalue weighted by Gasteiger charge is -2.08. The number of carbonyl (C=O) groups is 2. The van der Waals surface area contributed by atoms with Crippen LogP contribution >= 0.6 is 11.3 Å². The van der Waals surface area contributed by atoms with E-state index >= 15 is 0 Å². The molecule has 3 N–H and O–H groups in total. The van der Waals surface area contributed by atoms with Crippen molar-refractivity contribution in [1.29, 1.82) is 0 Å². The van der Waals surface area contributed by atoms with Crippen molar-refractivity contribution in [3.05, 3.63) is 23.2 Å². The molecule has 2 aromatic rings. The van der Waals surface area contributed by atoms with Gasteiger partial charge in [0.25, 0.3) is 5.91 Å². The number of nitrogens with zero attached hydrogens (tertiary/aromatic N) is 1. The number of aromatic nitrogens is 1. The van der Waals surface area contributed by atoms with Gasteiger partial charge in [-0.05, 0) is 24.4 Å². The van der Waals surface area contributed by atoms with Crippen LogP contribution < -0.4 is 10.6 Å². The predicted molar refractivity (Wildman–Crippen MR) is 77.8 cm³/mol. The molecule has 0 spiro atoms. The highest BCUT2D eigenvalue weighted by molar-refractivity contribution is 7.17. The number of aliphatic hydroxyl groups is 1. The molecular formula is C13H17N3O3S. The van der Waals surface area contributed by atoms with E-state index in [0.29, 0.717) is 5.69 Å². The van der Waals surface area contributed by atoms with Crippen LogP contribution in [-0.4, -0.2) is 40.7 Å².